The number of hydrogen-bond acceptors (Lipinski definition) is 9. The van der Waals surface area contributed by atoms with E-state index in [1.54, 1.807) is 0 Å². The van der Waals surface area contributed by atoms with Crippen LogP contribution in [0.15, 0.2) is 0 Å². The molecule has 1 saturated heterocycles. The molecule has 0 bridgehead atoms. The molecule has 9 nitrogen and oxygen atoms in total. The highest BCUT2D eigenvalue weighted by atomic mass is 35.6. The maximum Gasteiger partial charge on any atom is 0.359 e. The first-order valence-corrected chi connectivity index (χ1v) is 8.95. The minimum atomic E-state index is -2.44. The van der Waals surface area contributed by atoms with Crippen LogP contribution in [0.5, 0.6) is 0 Å². The standard InChI is InChI=1S/C14H16Cl4O9/c1-5(19)23-4-8-9(24-6(2)20)10(25-7(3)21)11(12(15)26-8)27-13(22)14(16,17)18/h8-12H,4H2,1-3H3/t8-,9+,10+,11-,12-/m1/s1. The van der Waals surface area contributed by atoms with E-state index in [1.807, 2.05) is 0 Å². The lowest BCUT2D eigenvalue weighted by atomic mass is 9.99. The molecule has 5 atom stereocenters. The van der Waals surface area contributed by atoms with Gasteiger partial charge in [0.05, 0.1) is 0 Å². The van der Waals surface area contributed by atoms with E-state index in [4.69, 9.17) is 70.1 Å². The summed E-state index contributed by atoms with van der Waals surface area (Å²) in [6, 6.07) is 0. The van der Waals surface area contributed by atoms with Crippen molar-refractivity contribution < 1.29 is 42.9 Å². The number of esters is 4. The maximum atomic E-state index is 11.9. The Morgan fingerprint density at radius 1 is 0.852 bits per heavy atom. The van der Waals surface area contributed by atoms with Crippen LogP contribution in [0.4, 0.5) is 0 Å². The molecule has 1 aliphatic heterocycles. The van der Waals surface area contributed by atoms with Gasteiger partial charge in [-0.2, -0.15) is 0 Å². The molecule has 0 aromatic heterocycles. The van der Waals surface area contributed by atoms with Crippen molar-refractivity contribution in [3.8, 4) is 0 Å². The summed E-state index contributed by atoms with van der Waals surface area (Å²) in [5, 5.41) is 0. The number of rotatable bonds is 5. The molecule has 0 unspecified atom stereocenters. The summed E-state index contributed by atoms with van der Waals surface area (Å²) in [6.07, 6.45) is -5.35. The van der Waals surface area contributed by atoms with Crippen molar-refractivity contribution in [2.75, 3.05) is 6.61 Å². The smallest absolute Gasteiger partial charge is 0.359 e. The second-order valence-electron chi connectivity index (χ2n) is 5.34. The van der Waals surface area contributed by atoms with Gasteiger partial charge in [0.2, 0.25) is 0 Å². The minimum Gasteiger partial charge on any atom is -0.463 e. The number of halogens is 4. The van der Waals surface area contributed by atoms with E-state index in [1.165, 1.54) is 0 Å². The Morgan fingerprint density at radius 3 is 1.81 bits per heavy atom. The van der Waals surface area contributed by atoms with E-state index >= 15 is 0 Å². The maximum absolute atomic E-state index is 11.9. The fourth-order valence-electron chi connectivity index (χ4n) is 2.17. The molecule has 0 aliphatic carbocycles. The quantitative estimate of drug-likeness (QED) is 0.336. The van der Waals surface area contributed by atoms with Crippen LogP contribution in [0, 0.1) is 0 Å². The predicted molar refractivity (Wildman–Crippen MR) is 92.4 cm³/mol. The molecule has 0 spiro atoms. The number of alkyl halides is 4. The van der Waals surface area contributed by atoms with Crippen molar-refractivity contribution in [1.82, 2.24) is 0 Å². The molecule has 1 fully saturated rings. The first kappa shape index (κ1) is 24.0. The summed E-state index contributed by atoms with van der Waals surface area (Å²) in [7, 11) is 0. The van der Waals surface area contributed by atoms with Gasteiger partial charge in [-0.3, -0.25) is 14.4 Å². The minimum absolute atomic E-state index is 0.376. The van der Waals surface area contributed by atoms with E-state index in [-0.39, 0.29) is 6.61 Å². The van der Waals surface area contributed by atoms with Gasteiger partial charge in [-0.15, -0.1) is 0 Å². The Hall–Kier alpha value is -1.00. The molecule has 1 rings (SSSR count). The largest absolute Gasteiger partial charge is 0.463 e. The number of hydrogen-bond donors (Lipinski definition) is 0. The van der Waals surface area contributed by atoms with Gasteiger partial charge in [0.15, 0.2) is 23.9 Å². The molecule has 1 heterocycles. The van der Waals surface area contributed by atoms with Crippen molar-refractivity contribution in [3.05, 3.63) is 0 Å². The van der Waals surface area contributed by atoms with Crippen LogP contribution in [0.1, 0.15) is 20.8 Å². The molecule has 0 N–H and O–H groups in total. The van der Waals surface area contributed by atoms with Gasteiger partial charge in [-0.1, -0.05) is 46.4 Å². The van der Waals surface area contributed by atoms with Gasteiger partial charge in [0.25, 0.3) is 3.79 Å². The third-order valence-corrected chi connectivity index (χ3v) is 3.92. The number of carbonyl (C=O) groups excluding carboxylic acids is 4. The van der Waals surface area contributed by atoms with Crippen LogP contribution < -0.4 is 0 Å². The first-order valence-electron chi connectivity index (χ1n) is 7.38. The monoisotopic (exact) mass is 468 g/mol. The van der Waals surface area contributed by atoms with Crippen molar-refractivity contribution in [1.29, 1.82) is 0 Å². The Labute approximate surface area is 174 Å². The van der Waals surface area contributed by atoms with Crippen LogP contribution in [-0.2, 0) is 42.9 Å². The van der Waals surface area contributed by atoms with E-state index in [9.17, 15) is 19.2 Å². The third-order valence-electron chi connectivity index (χ3n) is 3.11. The molecule has 154 valence electrons. The molecular formula is C14H16Cl4O9. The van der Waals surface area contributed by atoms with Crippen LogP contribution in [0.3, 0.4) is 0 Å². The Kier molecular flexibility index (Phi) is 8.88. The van der Waals surface area contributed by atoms with E-state index in [0.29, 0.717) is 0 Å². The zero-order valence-electron chi connectivity index (χ0n) is 14.3. The average molecular weight is 470 g/mol. The predicted octanol–water partition coefficient (Wildman–Crippen LogP) is 1.66. The Bertz CT molecular complexity index is 592. The summed E-state index contributed by atoms with van der Waals surface area (Å²) in [5.74, 6) is -3.53. The molecular weight excluding hydrogens is 454 g/mol. The highest BCUT2D eigenvalue weighted by molar-refractivity contribution is 6.75. The van der Waals surface area contributed by atoms with Crippen LogP contribution in [0.2, 0.25) is 0 Å². The second kappa shape index (κ2) is 9.97. The van der Waals surface area contributed by atoms with E-state index in [0.717, 1.165) is 20.8 Å². The van der Waals surface area contributed by atoms with Crippen LogP contribution in [-0.4, -0.2) is 64.3 Å². The molecule has 0 saturated carbocycles. The number of ether oxygens (including phenoxy) is 5. The highest BCUT2D eigenvalue weighted by Crippen LogP contribution is 2.34. The summed E-state index contributed by atoms with van der Waals surface area (Å²) in [4.78, 5) is 45.9. The Morgan fingerprint density at radius 2 is 1.37 bits per heavy atom. The number of carbonyl (C=O) groups is 4. The first-order chi connectivity index (χ1) is 12.3. The average Bonchev–Trinajstić information content (AvgIpc) is 2.49. The van der Waals surface area contributed by atoms with Crippen molar-refractivity contribution in [2.45, 2.75) is 54.5 Å². The lowest BCUT2D eigenvalue weighted by Gasteiger charge is -2.42. The lowest BCUT2D eigenvalue weighted by Crippen LogP contribution is -2.61. The van der Waals surface area contributed by atoms with Crippen molar-refractivity contribution in [3.63, 3.8) is 0 Å². The fraction of sp³-hybridized carbons (Fsp3) is 0.714. The molecule has 27 heavy (non-hydrogen) atoms. The summed E-state index contributed by atoms with van der Waals surface area (Å²) in [6.45, 7) is 2.93. The normalized spacial score (nSPS) is 28.0. The van der Waals surface area contributed by atoms with Gasteiger partial charge < -0.3 is 23.7 Å². The van der Waals surface area contributed by atoms with Gasteiger partial charge >= 0.3 is 23.9 Å². The van der Waals surface area contributed by atoms with Gasteiger partial charge in [0.1, 0.15) is 12.7 Å². The van der Waals surface area contributed by atoms with Crippen LogP contribution >= 0.6 is 46.4 Å². The van der Waals surface area contributed by atoms with Crippen LogP contribution in [0.25, 0.3) is 0 Å². The zero-order chi connectivity index (χ0) is 20.9. The molecule has 0 amide bonds. The van der Waals surface area contributed by atoms with E-state index < -0.39 is 57.6 Å². The second-order valence-corrected chi connectivity index (χ2v) is 8.06. The van der Waals surface area contributed by atoms with Gasteiger partial charge in [-0.05, 0) is 0 Å². The lowest BCUT2D eigenvalue weighted by molar-refractivity contribution is -0.239. The fourth-order valence-corrected chi connectivity index (χ4v) is 2.63. The molecule has 0 aromatic rings. The SMILES string of the molecule is CC(=O)OC[C@H]1O[C@@H](Cl)[C@H](OC(=O)C(Cl)(Cl)Cl)[C@@H](OC(C)=O)[C@H]1OC(C)=O. The topological polar surface area (TPSA) is 114 Å². The Balaban J connectivity index is 3.18. The van der Waals surface area contributed by atoms with Crippen molar-refractivity contribution >= 4 is 70.3 Å². The molecule has 1 aliphatic rings. The summed E-state index contributed by atoms with van der Waals surface area (Å²) in [5.41, 5.74) is -1.40. The summed E-state index contributed by atoms with van der Waals surface area (Å²) < 4.78 is 23.0. The van der Waals surface area contributed by atoms with Gasteiger partial charge in [0, 0.05) is 20.8 Å². The molecule has 0 aromatic carbocycles. The molecule has 13 heteroatoms. The van der Waals surface area contributed by atoms with E-state index in [2.05, 4.69) is 0 Å². The zero-order valence-corrected chi connectivity index (χ0v) is 17.3. The van der Waals surface area contributed by atoms with Gasteiger partial charge in [-0.25, -0.2) is 4.79 Å². The molecule has 0 radical (unpaired) electrons. The summed E-state index contributed by atoms with van der Waals surface area (Å²) >= 11 is 22.4. The highest BCUT2D eigenvalue weighted by Gasteiger charge is 2.53. The van der Waals surface area contributed by atoms with Crippen molar-refractivity contribution in [2.24, 2.45) is 0 Å². The third kappa shape index (κ3) is 7.50.